The first-order valence-electron chi connectivity index (χ1n) is 14.1. The number of nitrogens with zero attached hydrogens (tertiary/aromatic N) is 2. The van der Waals surface area contributed by atoms with Gasteiger partial charge < -0.3 is 20.1 Å². The molecule has 1 aromatic carbocycles. The first-order chi connectivity index (χ1) is 18.8. The Kier molecular flexibility index (Phi) is 7.98. The van der Waals surface area contributed by atoms with E-state index in [1.54, 1.807) is 24.3 Å². The van der Waals surface area contributed by atoms with E-state index in [0.29, 0.717) is 60.3 Å². The Morgan fingerprint density at radius 3 is 2.48 bits per heavy atom. The molecule has 11 heteroatoms. The van der Waals surface area contributed by atoms with Crippen LogP contribution in [0.1, 0.15) is 65.7 Å². The maximum absolute atomic E-state index is 13.3. The summed E-state index contributed by atoms with van der Waals surface area (Å²) in [6.07, 6.45) is 5.25. The monoisotopic (exact) mass is 590 g/mol. The van der Waals surface area contributed by atoms with E-state index >= 15 is 0 Å². The average molecular weight is 591 g/mol. The van der Waals surface area contributed by atoms with Gasteiger partial charge in [-0.05, 0) is 67.7 Å². The van der Waals surface area contributed by atoms with Gasteiger partial charge in [-0.2, -0.15) is 8.42 Å². The lowest BCUT2D eigenvalue weighted by molar-refractivity contribution is -0.127. The van der Waals surface area contributed by atoms with E-state index in [2.05, 4.69) is 35.8 Å². The van der Waals surface area contributed by atoms with Crippen LogP contribution in [0.3, 0.4) is 0 Å². The number of aromatic nitrogens is 1. The van der Waals surface area contributed by atoms with Crippen LogP contribution in [0.25, 0.3) is 0 Å². The van der Waals surface area contributed by atoms with E-state index in [1.165, 1.54) is 6.07 Å². The van der Waals surface area contributed by atoms with Crippen LogP contribution in [0.5, 0.6) is 5.75 Å². The van der Waals surface area contributed by atoms with Crippen LogP contribution in [-0.4, -0.2) is 55.3 Å². The average Bonchev–Trinajstić information content (AvgIpc) is 3.56. The standard InChI is InChI=1S/C29H39ClN4O5S/c1-28(2,3)19-7-10-21(11-8-19)31-23-12-9-20(30)17-24(23)39-29(14-15-29)27(36)33-40(37,38)26-6-4-5-25(32-26)34-16-13-22(35)18-34/h4-6,9,12,17,19,21-22,31,35H,7-8,10-11,13-16,18H2,1-3H3,(H,33,36)/t19-,21-,22-/m0/s1. The van der Waals surface area contributed by atoms with Crippen LogP contribution in [0.15, 0.2) is 41.4 Å². The SMILES string of the molecule is CC(C)(C)[C@H]1CC[C@H](Nc2ccc(Cl)cc2OC2(C(=O)NS(=O)(=O)c3cccc(N4CC[C@H](O)C4)n3)CC2)CC1. The number of pyridine rings is 1. The van der Waals surface area contributed by atoms with Crippen molar-refractivity contribution in [3.05, 3.63) is 41.4 Å². The lowest BCUT2D eigenvalue weighted by atomic mass is 9.71. The molecule has 3 N–H and O–H groups in total. The van der Waals surface area contributed by atoms with Gasteiger partial charge in [-0.1, -0.05) is 38.4 Å². The van der Waals surface area contributed by atoms with E-state index in [1.807, 2.05) is 11.0 Å². The van der Waals surface area contributed by atoms with Crippen LogP contribution in [0.4, 0.5) is 11.5 Å². The number of halogens is 1. The number of anilines is 2. The quantitative estimate of drug-likeness (QED) is 0.403. The molecule has 2 saturated carbocycles. The summed E-state index contributed by atoms with van der Waals surface area (Å²) in [6.45, 7) is 7.84. The molecular weight excluding hydrogens is 552 g/mol. The van der Waals surface area contributed by atoms with Crippen molar-refractivity contribution in [3.63, 3.8) is 0 Å². The van der Waals surface area contributed by atoms with E-state index in [9.17, 15) is 18.3 Å². The van der Waals surface area contributed by atoms with Crippen LogP contribution < -0.4 is 19.7 Å². The number of carbonyl (C=O) groups is 1. The Balaban J connectivity index is 1.27. The fourth-order valence-corrected chi connectivity index (χ4v) is 6.84. The Morgan fingerprint density at radius 2 is 1.85 bits per heavy atom. The van der Waals surface area contributed by atoms with E-state index in [-0.39, 0.29) is 11.1 Å². The highest BCUT2D eigenvalue weighted by molar-refractivity contribution is 7.90. The predicted octanol–water partition coefficient (Wildman–Crippen LogP) is 4.74. The maximum atomic E-state index is 13.3. The second-order valence-electron chi connectivity index (χ2n) is 12.5. The molecule has 0 radical (unpaired) electrons. The molecule has 3 fully saturated rings. The van der Waals surface area contributed by atoms with Crippen LogP contribution in [0.2, 0.25) is 5.02 Å². The molecule has 40 heavy (non-hydrogen) atoms. The van der Waals surface area contributed by atoms with Crippen molar-refractivity contribution in [2.24, 2.45) is 11.3 Å². The van der Waals surface area contributed by atoms with Crippen LogP contribution in [-0.2, 0) is 14.8 Å². The number of hydrogen-bond acceptors (Lipinski definition) is 8. The summed E-state index contributed by atoms with van der Waals surface area (Å²) in [5, 5.41) is 13.6. The Bertz CT molecular complexity index is 1350. The molecule has 1 aromatic heterocycles. The number of benzene rings is 1. The van der Waals surface area contributed by atoms with Crippen LogP contribution in [0, 0.1) is 11.3 Å². The van der Waals surface area contributed by atoms with Crippen molar-refractivity contribution in [2.75, 3.05) is 23.3 Å². The molecule has 2 heterocycles. The third kappa shape index (κ3) is 6.50. The fraction of sp³-hybridized carbons (Fsp3) is 0.586. The zero-order chi connectivity index (χ0) is 28.7. The third-order valence-corrected chi connectivity index (χ3v) is 9.84. The normalized spacial score (nSPS) is 24.4. The summed E-state index contributed by atoms with van der Waals surface area (Å²) in [5.74, 6) is 0.829. The number of nitrogens with one attached hydrogen (secondary N) is 2. The van der Waals surface area contributed by atoms with Gasteiger partial charge in [0, 0.05) is 43.1 Å². The summed E-state index contributed by atoms with van der Waals surface area (Å²) in [4.78, 5) is 19.4. The van der Waals surface area contributed by atoms with Gasteiger partial charge in [0.1, 0.15) is 11.6 Å². The van der Waals surface area contributed by atoms with Crippen molar-refractivity contribution in [3.8, 4) is 5.75 Å². The van der Waals surface area contributed by atoms with E-state index < -0.39 is 27.6 Å². The predicted molar refractivity (Wildman–Crippen MR) is 155 cm³/mol. The van der Waals surface area contributed by atoms with Gasteiger partial charge in [-0.15, -0.1) is 0 Å². The van der Waals surface area contributed by atoms with Crippen molar-refractivity contribution < 1.29 is 23.1 Å². The second kappa shape index (κ2) is 11.0. The molecule has 1 atom stereocenters. The fourth-order valence-electron chi connectivity index (χ4n) is 5.67. The molecule has 0 spiro atoms. The molecule has 9 nitrogen and oxygen atoms in total. The molecule has 218 valence electrons. The van der Waals surface area contributed by atoms with Gasteiger partial charge in [0.2, 0.25) is 0 Å². The van der Waals surface area contributed by atoms with E-state index in [0.717, 1.165) is 31.4 Å². The zero-order valence-corrected chi connectivity index (χ0v) is 24.9. The lowest BCUT2D eigenvalue weighted by Gasteiger charge is -2.37. The maximum Gasteiger partial charge on any atom is 0.281 e. The minimum atomic E-state index is -4.24. The van der Waals surface area contributed by atoms with Crippen molar-refractivity contribution in [1.82, 2.24) is 9.71 Å². The molecule has 2 aliphatic carbocycles. The number of sulfonamides is 1. The first-order valence-corrected chi connectivity index (χ1v) is 15.9. The molecule has 0 unspecified atom stereocenters. The van der Waals surface area contributed by atoms with Crippen molar-refractivity contribution in [2.45, 2.75) is 88.5 Å². The highest BCUT2D eigenvalue weighted by atomic mass is 35.5. The minimum Gasteiger partial charge on any atom is -0.475 e. The number of β-amino-alcohol motifs (C(OH)–C–C–N with tert-alkyl or cyclic N) is 1. The molecule has 0 bridgehead atoms. The van der Waals surface area contributed by atoms with Crippen LogP contribution >= 0.6 is 11.6 Å². The van der Waals surface area contributed by atoms with Gasteiger partial charge in [-0.3, -0.25) is 4.79 Å². The molecule has 3 aliphatic rings. The molecule has 1 aliphatic heterocycles. The highest BCUT2D eigenvalue weighted by Crippen LogP contribution is 2.45. The lowest BCUT2D eigenvalue weighted by Crippen LogP contribution is -2.43. The van der Waals surface area contributed by atoms with Gasteiger partial charge in [0.05, 0.1) is 11.8 Å². The molecule has 5 rings (SSSR count). The van der Waals surface area contributed by atoms with Gasteiger partial charge in [0.25, 0.3) is 15.9 Å². The van der Waals surface area contributed by atoms with Gasteiger partial charge in [0.15, 0.2) is 10.6 Å². The number of aliphatic hydroxyl groups is 1. The molecular formula is C29H39ClN4O5S. The largest absolute Gasteiger partial charge is 0.475 e. The Hall–Kier alpha value is -2.56. The number of rotatable bonds is 8. The Labute approximate surface area is 241 Å². The summed E-state index contributed by atoms with van der Waals surface area (Å²) in [7, 11) is -4.24. The second-order valence-corrected chi connectivity index (χ2v) is 14.5. The summed E-state index contributed by atoms with van der Waals surface area (Å²) < 4.78 is 34.7. The third-order valence-electron chi connectivity index (χ3n) is 8.38. The summed E-state index contributed by atoms with van der Waals surface area (Å²) in [6, 6.07) is 10.2. The highest BCUT2D eigenvalue weighted by Gasteiger charge is 2.54. The first kappa shape index (κ1) is 29.0. The number of aliphatic hydroxyl groups excluding tert-OH is 1. The van der Waals surface area contributed by atoms with E-state index in [4.69, 9.17) is 16.3 Å². The minimum absolute atomic E-state index is 0.258. The number of amides is 1. The Morgan fingerprint density at radius 1 is 1.12 bits per heavy atom. The molecule has 2 aromatic rings. The van der Waals surface area contributed by atoms with Gasteiger partial charge >= 0.3 is 0 Å². The topological polar surface area (TPSA) is 121 Å². The summed E-state index contributed by atoms with van der Waals surface area (Å²) >= 11 is 6.29. The molecule has 1 amide bonds. The van der Waals surface area contributed by atoms with Crippen molar-refractivity contribution >= 4 is 39.0 Å². The smallest absolute Gasteiger partial charge is 0.281 e. The summed E-state index contributed by atoms with van der Waals surface area (Å²) in [5.41, 5.74) is -0.263. The van der Waals surface area contributed by atoms with Crippen molar-refractivity contribution in [1.29, 1.82) is 0 Å². The zero-order valence-electron chi connectivity index (χ0n) is 23.3. The molecule has 1 saturated heterocycles. The number of hydrogen-bond donors (Lipinski definition) is 3. The number of carbonyl (C=O) groups excluding carboxylic acids is 1. The van der Waals surface area contributed by atoms with Gasteiger partial charge in [-0.25, -0.2) is 9.71 Å². The number of ether oxygens (including phenoxy) is 1.